The molecule has 2 N–H and O–H groups in total. The molecule has 0 spiro atoms. The molecule has 0 aliphatic carbocycles. The quantitative estimate of drug-likeness (QED) is 0.642. The molecule has 0 saturated carbocycles. The largest absolute Gasteiger partial charge is 0.366 e. The molecule has 1 heterocycles. The Hall–Kier alpha value is -3.25. The summed E-state index contributed by atoms with van der Waals surface area (Å²) in [6, 6.07) is 13.4. The highest BCUT2D eigenvalue weighted by atomic mass is 35.5. The van der Waals surface area contributed by atoms with Crippen LogP contribution in [-0.2, 0) is 6.42 Å². The van der Waals surface area contributed by atoms with Crippen LogP contribution in [0.3, 0.4) is 0 Å². The molecule has 3 aromatic carbocycles. The number of aryl methyl sites for hydroxylation is 1. The van der Waals surface area contributed by atoms with E-state index in [1.54, 1.807) is 12.1 Å². The molecule has 0 atom stereocenters. The Morgan fingerprint density at radius 3 is 2.53 bits per heavy atom. The van der Waals surface area contributed by atoms with Gasteiger partial charge < -0.3 is 10.6 Å². The summed E-state index contributed by atoms with van der Waals surface area (Å²) in [4.78, 5) is 26.0. The molecule has 7 heteroatoms. The number of primary amides is 1. The Balaban J connectivity index is 1.74. The molecule has 1 aliphatic heterocycles. The minimum Gasteiger partial charge on any atom is -0.366 e. The van der Waals surface area contributed by atoms with E-state index in [1.807, 2.05) is 6.07 Å². The van der Waals surface area contributed by atoms with Crippen molar-refractivity contribution in [2.45, 2.75) is 12.8 Å². The topological polar surface area (TPSA) is 63.4 Å². The zero-order valence-electron chi connectivity index (χ0n) is 15.8. The molecule has 4 rings (SSSR count). The minimum absolute atomic E-state index is 0.0579. The molecule has 0 unspecified atom stereocenters. The van der Waals surface area contributed by atoms with Crippen LogP contribution in [-0.4, -0.2) is 18.4 Å². The number of carbonyl (C=O) groups is 2. The van der Waals surface area contributed by atoms with E-state index in [9.17, 15) is 18.4 Å². The molecule has 152 valence electrons. The SMILES string of the molecule is NC(=O)c1cc(F)cc(-c2ccc3c(c2)CCCN3C(=O)c2c(F)cccc2Cl)c1. The highest BCUT2D eigenvalue weighted by Gasteiger charge is 2.27. The van der Waals surface area contributed by atoms with Crippen molar-refractivity contribution < 1.29 is 18.4 Å². The molecule has 0 saturated heterocycles. The van der Waals surface area contributed by atoms with Crippen molar-refractivity contribution in [3.05, 3.63) is 87.9 Å². The van der Waals surface area contributed by atoms with Gasteiger partial charge in [0, 0.05) is 17.8 Å². The molecule has 0 aromatic heterocycles. The van der Waals surface area contributed by atoms with Crippen LogP contribution in [0.15, 0.2) is 54.6 Å². The first-order valence-electron chi connectivity index (χ1n) is 9.34. The third-order valence-corrected chi connectivity index (χ3v) is 5.45. The Labute approximate surface area is 176 Å². The Bertz CT molecular complexity index is 1160. The molecular weight excluding hydrogens is 410 g/mol. The molecule has 0 bridgehead atoms. The van der Waals surface area contributed by atoms with E-state index >= 15 is 0 Å². The Morgan fingerprint density at radius 1 is 1.00 bits per heavy atom. The van der Waals surface area contributed by atoms with Crippen LogP contribution in [0.2, 0.25) is 5.02 Å². The number of fused-ring (bicyclic) bond motifs is 1. The second kappa shape index (κ2) is 7.88. The maximum Gasteiger partial charge on any atom is 0.262 e. The van der Waals surface area contributed by atoms with Gasteiger partial charge in [-0.15, -0.1) is 0 Å². The standard InChI is InChI=1S/C23H17ClF2N2O2/c24-18-4-1-5-19(26)21(18)23(30)28-8-2-3-14-9-13(6-7-20(14)28)15-10-16(22(27)29)12-17(25)11-15/h1,4-7,9-12H,2-3,8H2,(H2,27,29). The summed E-state index contributed by atoms with van der Waals surface area (Å²) >= 11 is 6.07. The van der Waals surface area contributed by atoms with Gasteiger partial charge >= 0.3 is 0 Å². The summed E-state index contributed by atoms with van der Waals surface area (Å²) < 4.78 is 28.2. The molecule has 3 aromatic rings. The number of carbonyl (C=O) groups excluding carboxylic acids is 2. The first-order valence-corrected chi connectivity index (χ1v) is 9.72. The van der Waals surface area contributed by atoms with E-state index in [0.29, 0.717) is 36.2 Å². The smallest absolute Gasteiger partial charge is 0.262 e. The van der Waals surface area contributed by atoms with Gasteiger partial charge in [0.05, 0.1) is 10.6 Å². The first kappa shape index (κ1) is 20.0. The van der Waals surface area contributed by atoms with Gasteiger partial charge in [-0.25, -0.2) is 8.78 Å². The van der Waals surface area contributed by atoms with Crippen LogP contribution in [0.1, 0.15) is 32.7 Å². The summed E-state index contributed by atoms with van der Waals surface area (Å²) in [5.74, 6) is -2.46. The van der Waals surface area contributed by atoms with Gasteiger partial charge in [-0.2, -0.15) is 0 Å². The van der Waals surface area contributed by atoms with E-state index in [-0.39, 0.29) is 16.1 Å². The molecule has 0 fully saturated rings. The van der Waals surface area contributed by atoms with Gasteiger partial charge in [-0.1, -0.05) is 23.7 Å². The van der Waals surface area contributed by atoms with Gasteiger partial charge in [-0.3, -0.25) is 9.59 Å². The average Bonchev–Trinajstić information content (AvgIpc) is 2.72. The van der Waals surface area contributed by atoms with Crippen molar-refractivity contribution in [2.75, 3.05) is 11.4 Å². The van der Waals surface area contributed by atoms with Crippen LogP contribution < -0.4 is 10.6 Å². The van der Waals surface area contributed by atoms with Crippen LogP contribution in [0.25, 0.3) is 11.1 Å². The normalized spacial score (nSPS) is 13.1. The number of rotatable bonds is 3. The average molecular weight is 427 g/mol. The van der Waals surface area contributed by atoms with Gasteiger partial charge in [0.25, 0.3) is 5.91 Å². The fraction of sp³-hybridized carbons (Fsp3) is 0.130. The second-order valence-corrected chi connectivity index (χ2v) is 7.50. The van der Waals surface area contributed by atoms with Crippen LogP contribution >= 0.6 is 11.6 Å². The maximum absolute atomic E-state index is 14.3. The van der Waals surface area contributed by atoms with Crippen molar-refractivity contribution in [1.82, 2.24) is 0 Å². The van der Waals surface area contributed by atoms with Crippen molar-refractivity contribution in [3.8, 4) is 11.1 Å². The van der Waals surface area contributed by atoms with Crippen molar-refractivity contribution in [2.24, 2.45) is 5.73 Å². The molecule has 1 aliphatic rings. The van der Waals surface area contributed by atoms with E-state index < -0.39 is 23.4 Å². The lowest BCUT2D eigenvalue weighted by Gasteiger charge is -2.30. The lowest BCUT2D eigenvalue weighted by atomic mass is 9.95. The van der Waals surface area contributed by atoms with E-state index in [1.165, 1.54) is 35.2 Å². The first-order chi connectivity index (χ1) is 14.3. The van der Waals surface area contributed by atoms with Crippen molar-refractivity contribution in [1.29, 1.82) is 0 Å². The Kier molecular flexibility index (Phi) is 5.26. The van der Waals surface area contributed by atoms with Crippen molar-refractivity contribution >= 4 is 29.1 Å². The fourth-order valence-electron chi connectivity index (χ4n) is 3.72. The van der Waals surface area contributed by atoms with Gasteiger partial charge in [0.1, 0.15) is 11.6 Å². The van der Waals surface area contributed by atoms with E-state index in [4.69, 9.17) is 17.3 Å². The predicted molar refractivity (Wildman–Crippen MR) is 112 cm³/mol. The molecule has 0 radical (unpaired) electrons. The Morgan fingerprint density at radius 2 is 1.80 bits per heavy atom. The van der Waals surface area contributed by atoms with E-state index in [0.717, 1.165) is 11.6 Å². The minimum atomic E-state index is -0.716. The van der Waals surface area contributed by atoms with Gasteiger partial charge in [0.2, 0.25) is 5.91 Å². The number of halogens is 3. The van der Waals surface area contributed by atoms with Gasteiger partial charge in [-0.05, 0) is 72.0 Å². The van der Waals surface area contributed by atoms with Crippen LogP contribution in [0.5, 0.6) is 0 Å². The highest BCUT2D eigenvalue weighted by molar-refractivity contribution is 6.34. The van der Waals surface area contributed by atoms with Gasteiger partial charge in [0.15, 0.2) is 0 Å². The number of hydrogen-bond donors (Lipinski definition) is 1. The monoisotopic (exact) mass is 426 g/mol. The maximum atomic E-state index is 14.3. The summed E-state index contributed by atoms with van der Waals surface area (Å²) in [5.41, 5.74) is 7.91. The molecule has 4 nitrogen and oxygen atoms in total. The lowest BCUT2D eigenvalue weighted by Crippen LogP contribution is -2.36. The summed E-state index contributed by atoms with van der Waals surface area (Å²) in [7, 11) is 0. The second-order valence-electron chi connectivity index (χ2n) is 7.09. The number of amides is 2. The third-order valence-electron chi connectivity index (χ3n) is 5.14. The number of anilines is 1. The van der Waals surface area contributed by atoms with Crippen molar-refractivity contribution in [3.63, 3.8) is 0 Å². The summed E-state index contributed by atoms with van der Waals surface area (Å²) in [6.07, 6.45) is 1.39. The molecular formula is C23H17ClF2N2O2. The number of nitrogens with zero attached hydrogens (tertiary/aromatic N) is 1. The highest BCUT2D eigenvalue weighted by Crippen LogP contribution is 2.34. The summed E-state index contributed by atoms with van der Waals surface area (Å²) in [5, 5.41) is 0.0579. The predicted octanol–water partition coefficient (Wildman–Crippen LogP) is 4.98. The molecule has 2 amide bonds. The number of hydrogen-bond acceptors (Lipinski definition) is 2. The zero-order chi connectivity index (χ0) is 21.4. The van der Waals surface area contributed by atoms with Crippen LogP contribution in [0, 0.1) is 11.6 Å². The summed E-state index contributed by atoms with van der Waals surface area (Å²) in [6.45, 7) is 0.432. The van der Waals surface area contributed by atoms with Crippen LogP contribution in [0.4, 0.5) is 14.5 Å². The number of benzene rings is 3. The lowest BCUT2D eigenvalue weighted by molar-refractivity contribution is 0.0978. The zero-order valence-corrected chi connectivity index (χ0v) is 16.5. The molecule has 30 heavy (non-hydrogen) atoms. The van der Waals surface area contributed by atoms with E-state index in [2.05, 4.69) is 0 Å². The number of nitrogens with two attached hydrogens (primary N) is 1. The fourth-order valence-corrected chi connectivity index (χ4v) is 3.97. The third kappa shape index (κ3) is 3.66.